The normalized spacial score (nSPS) is 18.3. The van der Waals surface area contributed by atoms with Gasteiger partial charge < -0.3 is 19.4 Å². The van der Waals surface area contributed by atoms with Crippen molar-refractivity contribution >= 4 is 16.8 Å². The molecule has 1 aliphatic heterocycles. The Hall–Kier alpha value is -3.12. The zero-order chi connectivity index (χ0) is 22.5. The minimum absolute atomic E-state index is 0.0159. The van der Waals surface area contributed by atoms with Gasteiger partial charge in [0, 0.05) is 24.0 Å². The molecule has 2 aromatic carbocycles. The second-order valence-electron chi connectivity index (χ2n) is 8.77. The van der Waals surface area contributed by atoms with Crippen molar-refractivity contribution < 1.29 is 24.2 Å². The molecule has 6 heteroatoms. The van der Waals surface area contributed by atoms with Gasteiger partial charge in [0.1, 0.15) is 22.7 Å². The summed E-state index contributed by atoms with van der Waals surface area (Å²) in [4.78, 5) is 25.8. The van der Waals surface area contributed by atoms with Crippen molar-refractivity contribution in [3.63, 3.8) is 0 Å². The first-order chi connectivity index (χ1) is 14.6. The zero-order valence-electron chi connectivity index (χ0n) is 18.1. The summed E-state index contributed by atoms with van der Waals surface area (Å²) >= 11 is 0. The smallest absolute Gasteiger partial charge is 0.336 e. The Balaban J connectivity index is 2.21. The highest BCUT2D eigenvalue weighted by atomic mass is 16.5. The number of hydrogen-bond donors (Lipinski definition) is 2. The summed E-state index contributed by atoms with van der Waals surface area (Å²) in [7, 11) is 0. The Kier molecular flexibility index (Phi) is 5.13. The van der Waals surface area contributed by atoms with E-state index in [0.717, 1.165) is 5.56 Å². The third kappa shape index (κ3) is 3.51. The largest absolute Gasteiger partial charge is 0.507 e. The van der Waals surface area contributed by atoms with Gasteiger partial charge in [0.05, 0.1) is 17.1 Å². The molecule has 0 fully saturated rings. The Bertz CT molecular complexity index is 1220. The average molecular weight is 422 g/mol. The van der Waals surface area contributed by atoms with Crippen LogP contribution in [-0.2, 0) is 0 Å². The molecule has 0 saturated heterocycles. The Morgan fingerprint density at radius 2 is 1.94 bits per heavy atom. The number of aliphatic hydroxyl groups is 1. The second-order valence-corrected chi connectivity index (χ2v) is 8.77. The summed E-state index contributed by atoms with van der Waals surface area (Å²) in [5.74, 6) is -0.905. The minimum atomic E-state index is -1.04. The molecule has 6 nitrogen and oxygen atoms in total. The van der Waals surface area contributed by atoms with E-state index < -0.39 is 23.2 Å². The van der Waals surface area contributed by atoms with Crippen LogP contribution in [0.1, 0.15) is 62.6 Å². The fourth-order valence-electron chi connectivity index (χ4n) is 4.19. The monoisotopic (exact) mass is 422 g/mol. The molecule has 31 heavy (non-hydrogen) atoms. The van der Waals surface area contributed by atoms with Gasteiger partial charge in [-0.25, -0.2) is 4.79 Å². The van der Waals surface area contributed by atoms with Gasteiger partial charge in [0.25, 0.3) is 0 Å². The van der Waals surface area contributed by atoms with E-state index in [1.807, 2.05) is 51.1 Å². The number of benzene rings is 2. The predicted octanol–water partition coefficient (Wildman–Crippen LogP) is 4.99. The zero-order valence-corrected chi connectivity index (χ0v) is 18.1. The number of ketones is 1. The third-order valence-corrected chi connectivity index (χ3v) is 5.94. The van der Waals surface area contributed by atoms with E-state index in [4.69, 9.17) is 9.15 Å². The Morgan fingerprint density at radius 3 is 2.58 bits per heavy atom. The summed E-state index contributed by atoms with van der Waals surface area (Å²) in [6.45, 7) is 7.29. The lowest BCUT2D eigenvalue weighted by molar-refractivity contribution is 0.0115. The van der Waals surface area contributed by atoms with Crippen molar-refractivity contribution in [2.45, 2.75) is 52.2 Å². The van der Waals surface area contributed by atoms with E-state index in [0.29, 0.717) is 17.4 Å². The molecule has 0 bridgehead atoms. The number of carbonyl (C=O) groups excluding carboxylic acids is 1. The highest BCUT2D eigenvalue weighted by Gasteiger charge is 2.40. The van der Waals surface area contributed by atoms with Crippen LogP contribution in [0.25, 0.3) is 22.1 Å². The molecule has 0 aliphatic carbocycles. The van der Waals surface area contributed by atoms with Crippen LogP contribution < -0.4 is 10.4 Å². The molecule has 1 aromatic heterocycles. The summed E-state index contributed by atoms with van der Waals surface area (Å²) in [5, 5.41) is 22.4. The number of aromatic hydroxyl groups is 1. The maximum atomic E-state index is 13.2. The van der Waals surface area contributed by atoms with Gasteiger partial charge in [-0.05, 0) is 25.8 Å². The van der Waals surface area contributed by atoms with Crippen molar-refractivity contribution in [2.75, 3.05) is 0 Å². The number of aliphatic hydroxyl groups excluding tert-OH is 1. The van der Waals surface area contributed by atoms with Crippen LogP contribution in [0.2, 0.25) is 0 Å². The van der Waals surface area contributed by atoms with E-state index in [9.17, 15) is 19.8 Å². The molecule has 162 valence electrons. The molecule has 4 rings (SSSR count). The van der Waals surface area contributed by atoms with Gasteiger partial charge in [0.2, 0.25) is 0 Å². The van der Waals surface area contributed by atoms with Crippen LogP contribution >= 0.6 is 0 Å². The van der Waals surface area contributed by atoms with Crippen molar-refractivity contribution in [2.24, 2.45) is 5.92 Å². The molecule has 2 unspecified atom stereocenters. The maximum absolute atomic E-state index is 13.2. The van der Waals surface area contributed by atoms with E-state index in [1.54, 1.807) is 6.92 Å². The maximum Gasteiger partial charge on any atom is 0.336 e. The number of carbonyl (C=O) groups is 1. The summed E-state index contributed by atoms with van der Waals surface area (Å²) in [6.07, 6.45) is -0.249. The summed E-state index contributed by atoms with van der Waals surface area (Å²) in [5.41, 5.74) is -0.0527. The van der Waals surface area contributed by atoms with Gasteiger partial charge in [-0.3, -0.25) is 4.79 Å². The standard InChI is InChI=1S/C25H26O6/c1-5-13(2)21(28)20-22(29)19-16(26)12-25(3,4)31-24(19)18-15(11-17(27)30-23(18)20)14-9-7-6-8-10-14/h6-11,13,16,26,29H,5,12H2,1-4H3. The van der Waals surface area contributed by atoms with E-state index >= 15 is 0 Å². The molecular formula is C25H26O6. The van der Waals surface area contributed by atoms with Gasteiger partial charge in [-0.15, -0.1) is 0 Å². The molecule has 0 spiro atoms. The number of phenolic OH excluding ortho intramolecular Hbond substituents is 1. The predicted molar refractivity (Wildman–Crippen MR) is 118 cm³/mol. The van der Waals surface area contributed by atoms with Crippen LogP contribution in [0.4, 0.5) is 0 Å². The summed E-state index contributed by atoms with van der Waals surface area (Å²) < 4.78 is 11.7. The van der Waals surface area contributed by atoms with Gasteiger partial charge in [-0.2, -0.15) is 0 Å². The highest BCUT2D eigenvalue weighted by molar-refractivity contribution is 6.14. The van der Waals surface area contributed by atoms with E-state index in [1.165, 1.54) is 6.07 Å². The number of rotatable bonds is 4. The van der Waals surface area contributed by atoms with E-state index in [2.05, 4.69) is 0 Å². The van der Waals surface area contributed by atoms with Crippen molar-refractivity contribution in [1.29, 1.82) is 0 Å². The van der Waals surface area contributed by atoms with Crippen molar-refractivity contribution in [1.82, 2.24) is 0 Å². The van der Waals surface area contributed by atoms with Gasteiger partial charge >= 0.3 is 5.63 Å². The average Bonchev–Trinajstić information content (AvgIpc) is 2.71. The van der Waals surface area contributed by atoms with Crippen molar-refractivity contribution in [3.05, 3.63) is 57.9 Å². The molecule has 0 amide bonds. The third-order valence-electron chi connectivity index (χ3n) is 5.94. The minimum Gasteiger partial charge on any atom is -0.507 e. The van der Waals surface area contributed by atoms with Crippen molar-refractivity contribution in [3.8, 4) is 22.6 Å². The van der Waals surface area contributed by atoms with Crippen LogP contribution in [0.5, 0.6) is 11.5 Å². The Labute approximate surface area is 180 Å². The Morgan fingerprint density at radius 1 is 1.26 bits per heavy atom. The second kappa shape index (κ2) is 7.54. The van der Waals surface area contributed by atoms with Gasteiger partial charge in [-0.1, -0.05) is 44.2 Å². The topological polar surface area (TPSA) is 97.0 Å². The number of fused-ring (bicyclic) bond motifs is 3. The fourth-order valence-corrected chi connectivity index (χ4v) is 4.19. The molecule has 2 heterocycles. The molecule has 3 aromatic rings. The van der Waals surface area contributed by atoms with Crippen LogP contribution in [0.15, 0.2) is 45.6 Å². The highest BCUT2D eigenvalue weighted by Crippen LogP contribution is 2.52. The first-order valence-electron chi connectivity index (χ1n) is 10.5. The SMILES string of the molecule is CCC(C)C(=O)c1c(O)c2c(c3c(-c4ccccc4)cc(=O)oc13)OC(C)(C)CC2O. The first-order valence-corrected chi connectivity index (χ1v) is 10.5. The number of ether oxygens (including phenoxy) is 1. The van der Waals surface area contributed by atoms with Crippen LogP contribution in [0.3, 0.4) is 0 Å². The molecule has 0 saturated carbocycles. The lowest BCUT2D eigenvalue weighted by Gasteiger charge is -2.37. The van der Waals surface area contributed by atoms with Crippen LogP contribution in [0, 0.1) is 5.92 Å². The molecule has 2 atom stereocenters. The fraction of sp³-hybridized carbons (Fsp3) is 0.360. The molecule has 2 N–H and O–H groups in total. The van der Waals surface area contributed by atoms with Gasteiger partial charge in [0.15, 0.2) is 11.4 Å². The van der Waals surface area contributed by atoms with E-state index in [-0.39, 0.29) is 40.4 Å². The molecular weight excluding hydrogens is 396 g/mol. The lowest BCUT2D eigenvalue weighted by atomic mass is 9.84. The first kappa shape index (κ1) is 21.1. The number of Topliss-reactive ketones (excluding diaryl/α,β-unsaturated/α-hetero) is 1. The molecule has 1 aliphatic rings. The van der Waals surface area contributed by atoms with Crippen LogP contribution in [-0.4, -0.2) is 21.6 Å². The quantitative estimate of drug-likeness (QED) is 0.454. The number of hydrogen-bond acceptors (Lipinski definition) is 6. The lowest BCUT2D eigenvalue weighted by Crippen LogP contribution is -2.35. The summed E-state index contributed by atoms with van der Waals surface area (Å²) in [6, 6.07) is 10.6. The molecule has 0 radical (unpaired) electrons. The number of phenols is 1.